The minimum Gasteiger partial charge on any atom is -0.223 e. The van der Waals surface area contributed by atoms with Gasteiger partial charge < -0.3 is 0 Å². The predicted octanol–water partition coefficient (Wildman–Crippen LogP) is 2.34. The number of pyridine rings is 1. The van der Waals surface area contributed by atoms with E-state index in [0.717, 1.165) is 6.07 Å². The molecule has 5 heteroatoms. The number of rotatable bonds is 1. The number of aryl methyl sites for hydroxylation is 1. The molecule has 0 N–H and O–H groups in total. The Morgan fingerprint density at radius 3 is 2.62 bits per heavy atom. The monoisotopic (exact) mass is 186 g/mol. The van der Waals surface area contributed by atoms with E-state index in [2.05, 4.69) is 4.98 Å². The molecule has 0 fully saturated rings. The second kappa shape index (κ2) is 3.44. The number of hydrogen-bond donors (Lipinski definition) is 0. The van der Waals surface area contributed by atoms with Crippen LogP contribution in [0.1, 0.15) is 23.2 Å². The molecule has 1 rings (SSSR count). The minimum atomic E-state index is -2.94. The van der Waals surface area contributed by atoms with Crippen LogP contribution in [0.15, 0.2) is 6.07 Å². The Bertz CT molecular complexity index is 368. The van der Waals surface area contributed by atoms with Gasteiger partial charge in [0.05, 0.1) is 16.8 Å². The highest BCUT2D eigenvalue weighted by atomic mass is 19.3. The maximum absolute atomic E-state index is 12.7. The summed E-state index contributed by atoms with van der Waals surface area (Å²) in [5.74, 6) is -1.22. The molecule has 0 amide bonds. The highest BCUT2D eigenvalue weighted by Crippen LogP contribution is 2.22. The van der Waals surface area contributed by atoms with Crippen LogP contribution >= 0.6 is 0 Å². The highest BCUT2D eigenvalue weighted by Gasteiger charge is 2.16. The van der Waals surface area contributed by atoms with Gasteiger partial charge in [-0.05, 0) is 13.0 Å². The van der Waals surface area contributed by atoms with Gasteiger partial charge in [0.15, 0.2) is 0 Å². The van der Waals surface area contributed by atoms with Crippen LogP contribution < -0.4 is 0 Å². The Hall–Kier alpha value is -1.57. The molecule has 0 spiro atoms. The van der Waals surface area contributed by atoms with Crippen molar-refractivity contribution < 1.29 is 13.2 Å². The van der Waals surface area contributed by atoms with Crippen LogP contribution in [0.2, 0.25) is 0 Å². The Kier molecular flexibility index (Phi) is 2.52. The molecule has 0 atom stereocenters. The molecular formula is C8H5F3N2. The summed E-state index contributed by atoms with van der Waals surface area (Å²) in [4.78, 5) is 3.20. The Morgan fingerprint density at radius 1 is 1.54 bits per heavy atom. The van der Waals surface area contributed by atoms with Gasteiger partial charge in [-0.1, -0.05) is 0 Å². The fourth-order valence-corrected chi connectivity index (χ4v) is 0.858. The molecule has 68 valence electrons. The average Bonchev–Trinajstić information content (AvgIpc) is 2.03. The van der Waals surface area contributed by atoms with Gasteiger partial charge in [0.2, 0.25) is 5.95 Å². The van der Waals surface area contributed by atoms with Crippen LogP contribution in [0.25, 0.3) is 0 Å². The van der Waals surface area contributed by atoms with Gasteiger partial charge in [0.25, 0.3) is 6.43 Å². The zero-order valence-electron chi connectivity index (χ0n) is 6.68. The van der Waals surface area contributed by atoms with Gasteiger partial charge in [-0.3, -0.25) is 0 Å². The molecule has 0 saturated carbocycles. The molecule has 1 aromatic heterocycles. The van der Waals surface area contributed by atoms with Crippen molar-refractivity contribution in [2.45, 2.75) is 13.3 Å². The first kappa shape index (κ1) is 9.52. The number of halogens is 3. The third kappa shape index (κ3) is 1.78. The van der Waals surface area contributed by atoms with E-state index in [1.807, 2.05) is 0 Å². The van der Waals surface area contributed by atoms with E-state index in [-0.39, 0.29) is 11.3 Å². The molecule has 0 aliphatic carbocycles. The zero-order valence-corrected chi connectivity index (χ0v) is 6.68. The second-order valence-electron chi connectivity index (χ2n) is 2.41. The van der Waals surface area contributed by atoms with Crippen molar-refractivity contribution in [3.63, 3.8) is 0 Å². The number of nitrogens with zero attached hydrogens (tertiary/aromatic N) is 2. The first-order chi connectivity index (χ1) is 6.06. The Balaban J connectivity index is 3.33. The van der Waals surface area contributed by atoms with E-state index in [1.165, 1.54) is 6.92 Å². The SMILES string of the molecule is Cc1nc(F)c(C(F)F)cc1C#N. The van der Waals surface area contributed by atoms with E-state index < -0.39 is 17.9 Å². The van der Waals surface area contributed by atoms with Crippen molar-refractivity contribution in [3.05, 3.63) is 28.8 Å². The molecule has 13 heavy (non-hydrogen) atoms. The lowest BCUT2D eigenvalue weighted by molar-refractivity contribution is 0.145. The maximum atomic E-state index is 12.7. The van der Waals surface area contributed by atoms with Crippen molar-refractivity contribution in [2.24, 2.45) is 0 Å². The number of alkyl halides is 2. The first-order valence-corrected chi connectivity index (χ1v) is 3.41. The second-order valence-corrected chi connectivity index (χ2v) is 2.41. The van der Waals surface area contributed by atoms with Crippen molar-refractivity contribution in [2.75, 3.05) is 0 Å². The molecule has 0 aliphatic heterocycles. The molecule has 0 aliphatic rings. The van der Waals surface area contributed by atoms with Crippen molar-refractivity contribution in [3.8, 4) is 6.07 Å². The summed E-state index contributed by atoms with van der Waals surface area (Å²) in [6.45, 7) is 1.39. The quantitative estimate of drug-likeness (QED) is 0.631. The van der Waals surface area contributed by atoms with Gasteiger partial charge in [0, 0.05) is 0 Å². The van der Waals surface area contributed by atoms with Gasteiger partial charge in [-0.2, -0.15) is 9.65 Å². The summed E-state index contributed by atoms with van der Waals surface area (Å²) in [7, 11) is 0. The lowest BCUT2D eigenvalue weighted by Gasteiger charge is -2.02. The lowest BCUT2D eigenvalue weighted by Crippen LogP contribution is -1.99. The van der Waals surface area contributed by atoms with Gasteiger partial charge in [-0.15, -0.1) is 0 Å². The normalized spacial score (nSPS) is 10.2. The molecule has 0 saturated heterocycles. The summed E-state index contributed by atoms with van der Waals surface area (Å²) < 4.78 is 36.9. The lowest BCUT2D eigenvalue weighted by atomic mass is 10.1. The van der Waals surface area contributed by atoms with Crippen LogP contribution in [0, 0.1) is 24.2 Å². The zero-order chi connectivity index (χ0) is 10.0. The largest absolute Gasteiger partial charge is 0.268 e. The third-order valence-electron chi connectivity index (χ3n) is 1.55. The molecule has 2 nitrogen and oxygen atoms in total. The smallest absolute Gasteiger partial charge is 0.223 e. The van der Waals surface area contributed by atoms with E-state index >= 15 is 0 Å². The highest BCUT2D eigenvalue weighted by molar-refractivity contribution is 5.35. The summed E-state index contributed by atoms with van der Waals surface area (Å²) in [6, 6.07) is 2.48. The van der Waals surface area contributed by atoms with Crippen LogP contribution in [0.5, 0.6) is 0 Å². The Morgan fingerprint density at radius 2 is 2.15 bits per heavy atom. The van der Waals surface area contributed by atoms with E-state index in [0.29, 0.717) is 0 Å². The van der Waals surface area contributed by atoms with Crippen LogP contribution in [0.4, 0.5) is 13.2 Å². The fraction of sp³-hybridized carbons (Fsp3) is 0.250. The van der Waals surface area contributed by atoms with Crippen molar-refractivity contribution >= 4 is 0 Å². The summed E-state index contributed by atoms with van der Waals surface area (Å²) in [5, 5.41) is 8.46. The summed E-state index contributed by atoms with van der Waals surface area (Å²) in [6.07, 6.45) is -2.94. The molecule has 1 aromatic rings. The van der Waals surface area contributed by atoms with Crippen LogP contribution in [-0.4, -0.2) is 4.98 Å². The minimum absolute atomic E-state index is 0.0308. The van der Waals surface area contributed by atoms with Gasteiger partial charge >= 0.3 is 0 Å². The van der Waals surface area contributed by atoms with E-state index in [9.17, 15) is 13.2 Å². The Labute approximate surface area is 72.6 Å². The average molecular weight is 186 g/mol. The van der Waals surface area contributed by atoms with Gasteiger partial charge in [0.1, 0.15) is 6.07 Å². The standard InChI is InChI=1S/C8H5F3N2/c1-4-5(3-12)2-6(7(9)10)8(11)13-4/h2,7H,1H3. The van der Waals surface area contributed by atoms with E-state index in [1.54, 1.807) is 6.07 Å². The third-order valence-corrected chi connectivity index (χ3v) is 1.55. The molecule has 0 unspecified atom stereocenters. The number of nitriles is 1. The molecule has 0 radical (unpaired) electrons. The molecular weight excluding hydrogens is 181 g/mol. The maximum Gasteiger partial charge on any atom is 0.268 e. The summed E-state index contributed by atoms with van der Waals surface area (Å²) in [5.41, 5.74) is -0.747. The summed E-state index contributed by atoms with van der Waals surface area (Å²) >= 11 is 0. The molecule has 0 bridgehead atoms. The molecule has 0 aromatic carbocycles. The van der Waals surface area contributed by atoms with E-state index in [4.69, 9.17) is 5.26 Å². The topological polar surface area (TPSA) is 36.7 Å². The van der Waals surface area contributed by atoms with Crippen LogP contribution in [-0.2, 0) is 0 Å². The van der Waals surface area contributed by atoms with Crippen molar-refractivity contribution in [1.29, 1.82) is 5.26 Å². The number of hydrogen-bond acceptors (Lipinski definition) is 2. The van der Waals surface area contributed by atoms with Crippen LogP contribution in [0.3, 0.4) is 0 Å². The van der Waals surface area contributed by atoms with Crippen molar-refractivity contribution in [1.82, 2.24) is 4.98 Å². The molecule has 1 heterocycles. The van der Waals surface area contributed by atoms with Gasteiger partial charge in [-0.25, -0.2) is 13.8 Å². The predicted molar refractivity (Wildman–Crippen MR) is 38.6 cm³/mol. The number of aromatic nitrogens is 1. The first-order valence-electron chi connectivity index (χ1n) is 3.41. The fourth-order valence-electron chi connectivity index (χ4n) is 0.858.